The van der Waals surface area contributed by atoms with Gasteiger partial charge >= 0.3 is 11.9 Å². The summed E-state index contributed by atoms with van der Waals surface area (Å²) >= 11 is 0. The van der Waals surface area contributed by atoms with Crippen molar-refractivity contribution >= 4 is 40.4 Å². The molecule has 3 rings (SSSR count). The van der Waals surface area contributed by atoms with Crippen molar-refractivity contribution in [3.05, 3.63) is 85.5 Å². The molecule has 0 atom stereocenters. The van der Waals surface area contributed by atoms with Gasteiger partial charge in [-0.1, -0.05) is 13.5 Å². The molecule has 0 bridgehead atoms. The summed E-state index contributed by atoms with van der Waals surface area (Å²) in [5.41, 5.74) is 3.72. The van der Waals surface area contributed by atoms with Crippen LogP contribution in [-0.2, 0) is 19.1 Å². The fourth-order valence-corrected chi connectivity index (χ4v) is 3.21. The first-order chi connectivity index (χ1) is 19.0. The van der Waals surface area contributed by atoms with Crippen molar-refractivity contribution in [2.45, 2.75) is 20.3 Å². The summed E-state index contributed by atoms with van der Waals surface area (Å²) in [6, 6.07) is 21.9. The van der Waals surface area contributed by atoms with E-state index in [9.17, 15) is 9.59 Å². The third-order valence-electron chi connectivity index (χ3n) is 5.35. The first-order valence-electron chi connectivity index (χ1n) is 12.5. The summed E-state index contributed by atoms with van der Waals surface area (Å²) in [6.45, 7) is 8.66. The van der Waals surface area contributed by atoms with Crippen molar-refractivity contribution in [3.8, 4) is 5.75 Å². The number of anilines is 1. The lowest BCUT2D eigenvalue weighted by Crippen LogP contribution is -2.27. The molecule has 0 N–H and O–H groups in total. The largest absolute Gasteiger partial charge is 0.461 e. The van der Waals surface area contributed by atoms with Crippen LogP contribution in [0, 0.1) is 0 Å². The van der Waals surface area contributed by atoms with Gasteiger partial charge in [0, 0.05) is 24.7 Å². The Balaban J connectivity index is 1.50. The smallest absolute Gasteiger partial charge is 0.330 e. The van der Waals surface area contributed by atoms with Crippen molar-refractivity contribution in [3.63, 3.8) is 0 Å². The number of carbonyl (C=O) groups is 2. The highest BCUT2D eigenvalue weighted by molar-refractivity contribution is 5.81. The lowest BCUT2D eigenvalue weighted by molar-refractivity contribution is -0.149. The first-order valence-corrected chi connectivity index (χ1v) is 12.5. The quantitative estimate of drug-likeness (QED) is 0.0932. The molecule has 0 fully saturated rings. The van der Waals surface area contributed by atoms with Crippen molar-refractivity contribution in [1.82, 2.24) is 0 Å². The van der Waals surface area contributed by atoms with Gasteiger partial charge in [-0.15, -0.1) is 0 Å². The molecule has 0 saturated heterocycles. The van der Waals surface area contributed by atoms with Gasteiger partial charge in [0.15, 0.2) is 0 Å². The van der Waals surface area contributed by atoms with E-state index in [1.54, 1.807) is 43.3 Å². The lowest BCUT2D eigenvalue weighted by atomic mass is 10.2. The Kier molecular flexibility index (Phi) is 11.3. The summed E-state index contributed by atoms with van der Waals surface area (Å²) in [4.78, 5) is 24.4. The molecular weight excluding hydrogens is 498 g/mol. The molecule has 0 aliphatic carbocycles. The summed E-state index contributed by atoms with van der Waals surface area (Å²) < 4.78 is 15.3. The predicted molar refractivity (Wildman–Crippen MR) is 149 cm³/mol. The van der Waals surface area contributed by atoms with Gasteiger partial charge < -0.3 is 19.1 Å². The van der Waals surface area contributed by atoms with Gasteiger partial charge in [0.25, 0.3) is 0 Å². The molecule has 10 nitrogen and oxygen atoms in total. The number of hydrogen-bond donors (Lipinski definition) is 0. The van der Waals surface area contributed by atoms with Crippen molar-refractivity contribution in [2.75, 3.05) is 31.4 Å². The third kappa shape index (κ3) is 9.84. The molecule has 3 aromatic carbocycles. The van der Waals surface area contributed by atoms with Crippen LogP contribution in [0.5, 0.6) is 5.75 Å². The van der Waals surface area contributed by atoms with E-state index in [2.05, 4.69) is 31.9 Å². The van der Waals surface area contributed by atoms with Crippen molar-refractivity contribution < 1.29 is 23.8 Å². The number of esters is 2. The minimum Gasteiger partial charge on any atom is -0.461 e. The zero-order valence-electron chi connectivity index (χ0n) is 22.0. The number of azo groups is 2. The highest BCUT2D eigenvalue weighted by Gasteiger charge is 2.06. The molecular formula is C29H31N5O5. The molecule has 0 aliphatic rings. The predicted octanol–water partition coefficient (Wildman–Crippen LogP) is 7.36. The van der Waals surface area contributed by atoms with Crippen LogP contribution in [-0.4, -0.2) is 38.4 Å². The Morgan fingerprint density at radius 3 is 1.72 bits per heavy atom. The average Bonchev–Trinajstić information content (AvgIpc) is 2.98. The second-order valence-electron chi connectivity index (χ2n) is 8.01. The molecule has 202 valence electrons. The Morgan fingerprint density at radius 2 is 1.26 bits per heavy atom. The number of likely N-dealkylation sites (N-methyl/N-ethyl adjacent to an activating group) is 1. The molecule has 10 heteroatoms. The van der Waals surface area contributed by atoms with Crippen LogP contribution >= 0.6 is 0 Å². The molecule has 39 heavy (non-hydrogen) atoms. The number of nitrogens with zero attached hydrogens (tertiary/aromatic N) is 5. The van der Waals surface area contributed by atoms with Gasteiger partial charge in [0.05, 0.1) is 29.3 Å². The zero-order valence-corrected chi connectivity index (χ0v) is 22.0. The summed E-state index contributed by atoms with van der Waals surface area (Å²) in [5, 5.41) is 17.0. The molecule has 0 aromatic heterocycles. The van der Waals surface area contributed by atoms with Crippen LogP contribution < -0.4 is 9.64 Å². The van der Waals surface area contributed by atoms with Crippen molar-refractivity contribution in [2.24, 2.45) is 20.5 Å². The maximum Gasteiger partial charge on any atom is 0.330 e. The lowest BCUT2D eigenvalue weighted by Gasteiger charge is -2.22. The van der Waals surface area contributed by atoms with Gasteiger partial charge in [0.1, 0.15) is 12.4 Å². The SMILES string of the molecule is C=CC(=O)OCCN(CC)c1ccc(N=Nc2ccc(N=Nc3ccc(OCOC(=O)CC)cc3)cc2)cc1. The number of benzene rings is 3. The Bertz CT molecular complexity index is 1270. The Hall–Kier alpha value is -4.86. The molecule has 0 aliphatic heterocycles. The Labute approximate surface area is 227 Å². The van der Waals surface area contributed by atoms with Crippen molar-refractivity contribution in [1.29, 1.82) is 0 Å². The standard InChI is InChI=1S/C29H31N5O5/c1-4-28(35)37-20-19-34(6-3)26-15-11-24(12-16-26)32-30-22-7-9-23(10-8-22)31-33-25-13-17-27(18-14-25)38-21-39-29(36)5-2/h4,7-18H,1,5-6,19-21H2,2-3H3. The Morgan fingerprint density at radius 1 is 0.769 bits per heavy atom. The molecule has 0 amide bonds. The molecule has 0 saturated carbocycles. The van der Waals surface area contributed by atoms with E-state index in [0.717, 1.165) is 18.3 Å². The highest BCUT2D eigenvalue weighted by atomic mass is 16.7. The van der Waals surface area contributed by atoms with E-state index >= 15 is 0 Å². The van der Waals surface area contributed by atoms with E-state index in [1.807, 2.05) is 43.3 Å². The molecule has 0 radical (unpaired) electrons. The van der Waals surface area contributed by atoms with E-state index < -0.39 is 5.97 Å². The first kappa shape index (κ1) is 28.7. The number of rotatable bonds is 14. The average molecular weight is 530 g/mol. The fourth-order valence-electron chi connectivity index (χ4n) is 3.21. The van der Waals surface area contributed by atoms with Gasteiger partial charge in [-0.25, -0.2) is 4.79 Å². The molecule has 3 aromatic rings. The highest BCUT2D eigenvalue weighted by Crippen LogP contribution is 2.25. The molecule has 0 heterocycles. The van der Waals surface area contributed by atoms with Crippen LogP contribution in [0.4, 0.5) is 28.4 Å². The number of ether oxygens (including phenoxy) is 3. The maximum atomic E-state index is 11.2. The van der Waals surface area contributed by atoms with E-state index in [1.165, 1.54) is 0 Å². The second-order valence-corrected chi connectivity index (χ2v) is 8.01. The topological polar surface area (TPSA) is 115 Å². The maximum absolute atomic E-state index is 11.2. The van der Waals surface area contributed by atoms with E-state index in [0.29, 0.717) is 41.5 Å². The van der Waals surface area contributed by atoms with E-state index in [-0.39, 0.29) is 19.4 Å². The summed E-state index contributed by atoms with van der Waals surface area (Å²) in [5.74, 6) is -0.176. The van der Waals surface area contributed by atoms with Crippen LogP contribution in [0.2, 0.25) is 0 Å². The van der Waals surface area contributed by atoms with E-state index in [4.69, 9.17) is 14.2 Å². The summed E-state index contributed by atoms with van der Waals surface area (Å²) in [6.07, 6.45) is 1.46. The number of hydrogen-bond acceptors (Lipinski definition) is 10. The molecule has 0 spiro atoms. The monoisotopic (exact) mass is 529 g/mol. The minimum atomic E-state index is -0.427. The van der Waals surface area contributed by atoms with Gasteiger partial charge in [-0.3, -0.25) is 4.79 Å². The van der Waals surface area contributed by atoms with Gasteiger partial charge in [-0.2, -0.15) is 20.5 Å². The minimum absolute atomic E-state index is 0.128. The van der Waals surface area contributed by atoms with Crippen LogP contribution in [0.15, 0.2) is 106 Å². The molecule has 0 unspecified atom stereocenters. The van der Waals surface area contributed by atoms with Gasteiger partial charge in [-0.05, 0) is 79.7 Å². The number of carbonyl (C=O) groups excluding carboxylic acids is 2. The normalized spacial score (nSPS) is 10.9. The van der Waals surface area contributed by atoms with Crippen LogP contribution in [0.25, 0.3) is 0 Å². The van der Waals surface area contributed by atoms with Crippen LogP contribution in [0.3, 0.4) is 0 Å². The zero-order chi connectivity index (χ0) is 27.9. The van der Waals surface area contributed by atoms with Gasteiger partial charge in [0.2, 0.25) is 6.79 Å². The fraction of sp³-hybridized carbons (Fsp3) is 0.241. The summed E-state index contributed by atoms with van der Waals surface area (Å²) in [7, 11) is 0. The second kappa shape index (κ2) is 15.4. The van der Waals surface area contributed by atoms with Crippen LogP contribution in [0.1, 0.15) is 20.3 Å². The third-order valence-corrected chi connectivity index (χ3v) is 5.35.